The lowest BCUT2D eigenvalue weighted by atomic mass is 10.1. The Balaban J connectivity index is 1.74. The van der Waals surface area contributed by atoms with Crippen molar-refractivity contribution in [1.29, 1.82) is 0 Å². The molecule has 25 heavy (non-hydrogen) atoms. The zero-order valence-corrected chi connectivity index (χ0v) is 14.4. The first-order valence-electron chi connectivity index (χ1n) is 8.34. The molecule has 0 radical (unpaired) electrons. The molecular weight excluding hydrogens is 314 g/mol. The van der Waals surface area contributed by atoms with Crippen molar-refractivity contribution in [3.05, 3.63) is 54.6 Å². The molecule has 0 bridgehead atoms. The van der Waals surface area contributed by atoms with Gasteiger partial charge in [-0.2, -0.15) is 0 Å². The molecule has 0 aliphatic rings. The van der Waals surface area contributed by atoms with Crippen LogP contribution >= 0.6 is 0 Å². The van der Waals surface area contributed by atoms with Crippen LogP contribution in [0.2, 0.25) is 0 Å². The molecule has 6 nitrogen and oxygen atoms in total. The lowest BCUT2D eigenvalue weighted by Gasteiger charge is -2.10. The van der Waals surface area contributed by atoms with E-state index in [0.29, 0.717) is 23.1 Å². The Bertz CT molecular complexity index is 873. The summed E-state index contributed by atoms with van der Waals surface area (Å²) in [6.07, 6.45) is 4.14. The number of carbonyl (C=O) groups excluding carboxylic acids is 1. The quantitative estimate of drug-likeness (QED) is 0.717. The van der Waals surface area contributed by atoms with Crippen LogP contribution in [-0.2, 0) is 0 Å². The minimum atomic E-state index is -0.285. The first-order chi connectivity index (χ1) is 12.1. The molecule has 6 heteroatoms. The van der Waals surface area contributed by atoms with Gasteiger partial charge in [0, 0.05) is 24.2 Å². The van der Waals surface area contributed by atoms with Crippen LogP contribution < -0.4 is 10.6 Å². The average Bonchev–Trinajstić information content (AvgIpc) is 2.62. The Morgan fingerprint density at radius 2 is 1.96 bits per heavy atom. The molecule has 0 spiro atoms. The molecule has 0 atom stereocenters. The van der Waals surface area contributed by atoms with E-state index in [1.165, 1.54) is 6.33 Å². The number of aromatic nitrogens is 3. The first-order valence-corrected chi connectivity index (χ1v) is 8.34. The summed E-state index contributed by atoms with van der Waals surface area (Å²) in [7, 11) is 0. The number of nitrogens with zero attached hydrogens (tertiary/aromatic N) is 3. The molecular formula is C19H21N5O. The van der Waals surface area contributed by atoms with Crippen LogP contribution in [0.5, 0.6) is 0 Å². The Hall–Kier alpha value is -3.02. The van der Waals surface area contributed by atoms with Gasteiger partial charge in [-0.05, 0) is 24.5 Å². The fourth-order valence-electron chi connectivity index (χ4n) is 2.46. The maximum atomic E-state index is 12.5. The monoisotopic (exact) mass is 335 g/mol. The summed E-state index contributed by atoms with van der Waals surface area (Å²) in [6, 6.07) is 11.2. The van der Waals surface area contributed by atoms with Crippen molar-refractivity contribution in [1.82, 2.24) is 15.0 Å². The summed E-state index contributed by atoms with van der Waals surface area (Å²) in [5.74, 6) is 0.972. The molecule has 1 amide bonds. The minimum absolute atomic E-state index is 0.285. The van der Waals surface area contributed by atoms with Gasteiger partial charge in [0.25, 0.3) is 5.91 Å². The molecule has 2 aromatic heterocycles. The number of hydrogen-bond donors (Lipinski definition) is 2. The molecule has 0 saturated carbocycles. The van der Waals surface area contributed by atoms with Crippen molar-refractivity contribution in [2.75, 3.05) is 17.2 Å². The van der Waals surface area contributed by atoms with Crippen LogP contribution in [0.15, 0.2) is 48.9 Å². The fraction of sp³-hybridized carbons (Fsp3) is 0.263. The molecule has 3 rings (SSSR count). The molecule has 0 saturated heterocycles. The summed E-state index contributed by atoms with van der Waals surface area (Å²) in [5.41, 5.74) is 1.73. The summed E-state index contributed by atoms with van der Waals surface area (Å²) >= 11 is 0. The summed E-state index contributed by atoms with van der Waals surface area (Å²) < 4.78 is 0. The van der Waals surface area contributed by atoms with Crippen molar-refractivity contribution in [3.63, 3.8) is 0 Å². The second-order valence-electron chi connectivity index (χ2n) is 6.23. The number of para-hydroxylation sites is 1. The molecule has 3 aromatic rings. The van der Waals surface area contributed by atoms with Crippen molar-refractivity contribution < 1.29 is 4.79 Å². The van der Waals surface area contributed by atoms with E-state index in [-0.39, 0.29) is 5.91 Å². The number of nitrogens with one attached hydrogen (secondary N) is 2. The number of rotatable bonds is 6. The van der Waals surface area contributed by atoms with Crippen LogP contribution in [0.25, 0.3) is 10.9 Å². The highest BCUT2D eigenvalue weighted by atomic mass is 16.1. The minimum Gasteiger partial charge on any atom is -0.370 e. The van der Waals surface area contributed by atoms with E-state index in [1.807, 2.05) is 30.3 Å². The Labute approximate surface area is 146 Å². The number of pyridine rings is 1. The van der Waals surface area contributed by atoms with Crippen molar-refractivity contribution in [2.24, 2.45) is 5.92 Å². The zero-order chi connectivity index (χ0) is 17.6. The molecule has 128 valence electrons. The Morgan fingerprint density at radius 1 is 1.12 bits per heavy atom. The third kappa shape index (κ3) is 4.29. The smallest absolute Gasteiger partial charge is 0.274 e. The zero-order valence-electron chi connectivity index (χ0n) is 14.4. The number of hydrogen-bond acceptors (Lipinski definition) is 5. The van der Waals surface area contributed by atoms with E-state index in [2.05, 4.69) is 39.4 Å². The number of carbonyl (C=O) groups is 1. The fourth-order valence-corrected chi connectivity index (χ4v) is 2.46. The maximum Gasteiger partial charge on any atom is 0.274 e. The van der Waals surface area contributed by atoms with E-state index < -0.39 is 0 Å². The van der Waals surface area contributed by atoms with Crippen LogP contribution in [0.3, 0.4) is 0 Å². The topological polar surface area (TPSA) is 79.8 Å². The summed E-state index contributed by atoms with van der Waals surface area (Å²) in [6.45, 7) is 5.14. The largest absolute Gasteiger partial charge is 0.370 e. The van der Waals surface area contributed by atoms with Gasteiger partial charge in [0.15, 0.2) is 0 Å². The van der Waals surface area contributed by atoms with Gasteiger partial charge in [-0.25, -0.2) is 9.97 Å². The third-order valence-corrected chi connectivity index (χ3v) is 3.81. The van der Waals surface area contributed by atoms with Gasteiger partial charge in [-0.3, -0.25) is 9.78 Å². The van der Waals surface area contributed by atoms with Gasteiger partial charge >= 0.3 is 0 Å². The van der Waals surface area contributed by atoms with E-state index in [4.69, 9.17) is 0 Å². The van der Waals surface area contributed by atoms with Gasteiger partial charge in [-0.15, -0.1) is 0 Å². The number of amides is 1. The summed E-state index contributed by atoms with van der Waals surface area (Å²) in [5, 5.41) is 7.08. The van der Waals surface area contributed by atoms with Crippen molar-refractivity contribution in [3.8, 4) is 0 Å². The van der Waals surface area contributed by atoms with Gasteiger partial charge in [-0.1, -0.05) is 32.0 Å². The van der Waals surface area contributed by atoms with Gasteiger partial charge in [0.1, 0.15) is 17.8 Å². The van der Waals surface area contributed by atoms with E-state index in [1.54, 1.807) is 12.3 Å². The molecule has 0 aliphatic heterocycles. The van der Waals surface area contributed by atoms with Crippen LogP contribution in [-0.4, -0.2) is 27.4 Å². The second-order valence-corrected chi connectivity index (χ2v) is 6.23. The number of anilines is 2. The van der Waals surface area contributed by atoms with E-state index in [0.717, 1.165) is 23.9 Å². The van der Waals surface area contributed by atoms with Gasteiger partial charge in [0.2, 0.25) is 0 Å². The number of benzene rings is 1. The first kappa shape index (κ1) is 16.8. The van der Waals surface area contributed by atoms with Gasteiger partial charge < -0.3 is 10.6 Å². The van der Waals surface area contributed by atoms with Crippen LogP contribution in [0.4, 0.5) is 11.5 Å². The van der Waals surface area contributed by atoms with Gasteiger partial charge in [0.05, 0.1) is 11.2 Å². The predicted molar refractivity (Wildman–Crippen MR) is 99.7 cm³/mol. The Kier molecular flexibility index (Phi) is 5.18. The molecule has 2 N–H and O–H groups in total. The van der Waals surface area contributed by atoms with E-state index >= 15 is 0 Å². The van der Waals surface area contributed by atoms with Crippen molar-refractivity contribution in [2.45, 2.75) is 20.3 Å². The van der Waals surface area contributed by atoms with Crippen LogP contribution in [0.1, 0.15) is 30.8 Å². The third-order valence-electron chi connectivity index (χ3n) is 3.81. The Morgan fingerprint density at radius 3 is 2.80 bits per heavy atom. The normalized spacial score (nSPS) is 10.8. The lowest BCUT2D eigenvalue weighted by molar-refractivity contribution is 0.102. The standard InChI is InChI=1S/C19H21N5O/c1-13(2)8-10-20-17-11-16(22-12-23-17)19(25)24-15-7-3-5-14-6-4-9-21-18(14)15/h3-7,9,11-13H,8,10H2,1-2H3,(H,24,25)(H,20,22,23). The highest BCUT2D eigenvalue weighted by Crippen LogP contribution is 2.21. The average molecular weight is 335 g/mol. The molecule has 0 fully saturated rings. The van der Waals surface area contributed by atoms with Crippen molar-refractivity contribution >= 4 is 28.3 Å². The lowest BCUT2D eigenvalue weighted by Crippen LogP contribution is -2.15. The molecule has 1 aromatic carbocycles. The summed E-state index contributed by atoms with van der Waals surface area (Å²) in [4.78, 5) is 25.1. The van der Waals surface area contributed by atoms with Crippen LogP contribution in [0, 0.1) is 5.92 Å². The molecule has 0 unspecified atom stereocenters. The highest BCUT2D eigenvalue weighted by Gasteiger charge is 2.11. The maximum absolute atomic E-state index is 12.5. The molecule has 2 heterocycles. The predicted octanol–water partition coefficient (Wildman–Crippen LogP) is 3.74. The number of fused-ring (bicyclic) bond motifs is 1. The second kappa shape index (κ2) is 7.70. The highest BCUT2D eigenvalue weighted by molar-refractivity contribution is 6.07. The van der Waals surface area contributed by atoms with E-state index in [9.17, 15) is 4.79 Å². The SMILES string of the molecule is CC(C)CCNc1cc(C(=O)Nc2cccc3cccnc23)ncn1. The molecule has 0 aliphatic carbocycles.